The van der Waals surface area contributed by atoms with Crippen LogP contribution in [0.15, 0.2) is 48.8 Å². The van der Waals surface area contributed by atoms with Crippen LogP contribution in [0.5, 0.6) is 0 Å². The summed E-state index contributed by atoms with van der Waals surface area (Å²) in [7, 11) is -3.54. The van der Waals surface area contributed by atoms with E-state index in [2.05, 4.69) is 55.4 Å². The lowest BCUT2D eigenvalue weighted by molar-refractivity contribution is 0.0940. The molecule has 0 aliphatic heterocycles. The van der Waals surface area contributed by atoms with Gasteiger partial charge in [-0.05, 0) is 81.9 Å². The van der Waals surface area contributed by atoms with E-state index in [1.54, 1.807) is 27.0 Å². The molecule has 2 amide bonds. The van der Waals surface area contributed by atoms with Crippen LogP contribution in [-0.2, 0) is 21.0 Å². The molecule has 4 aromatic rings. The summed E-state index contributed by atoms with van der Waals surface area (Å²) in [5.74, 6) is -0.600. The average molecular weight is 732 g/mol. The predicted molar refractivity (Wildman–Crippen MR) is 195 cm³/mol. The van der Waals surface area contributed by atoms with E-state index in [1.165, 1.54) is 11.3 Å². The smallest absolute Gasteiger partial charge is 0.424 e. The number of benzene rings is 1. The number of rotatable bonds is 12. The van der Waals surface area contributed by atoms with Gasteiger partial charge in [0, 0.05) is 21.3 Å². The zero-order valence-corrected chi connectivity index (χ0v) is 31.7. The van der Waals surface area contributed by atoms with E-state index in [4.69, 9.17) is 21.0 Å². The molecular weight excluding hydrogens is 690 g/mol. The highest BCUT2D eigenvalue weighted by Gasteiger charge is 2.37. The summed E-state index contributed by atoms with van der Waals surface area (Å²) in [5, 5.41) is 20.0. The lowest BCUT2D eigenvalue weighted by Crippen LogP contribution is -2.43. The summed E-state index contributed by atoms with van der Waals surface area (Å²) in [5.41, 5.74) is 2.24. The second-order valence-corrected chi connectivity index (χ2v) is 21.1. The molecule has 2 atom stereocenters. The highest BCUT2D eigenvalue weighted by molar-refractivity contribution is 7.84. The van der Waals surface area contributed by atoms with Gasteiger partial charge in [-0.3, -0.25) is 4.98 Å². The number of fused-ring (bicyclic) bond motifs is 1. The van der Waals surface area contributed by atoms with Gasteiger partial charge in [-0.25, -0.2) is 28.5 Å². The SMILES string of the molecule is CC[Si](CC)(CC)OC(C)(C)c1ccnc(-c2cccc3cc(C(NS(=O)C(C)(C)C)c4nc(N(C(=O)O)C(=O)O)ncc4Cl)sc23)c1. The summed E-state index contributed by atoms with van der Waals surface area (Å²) in [6.07, 6.45) is -0.620. The average Bonchev–Trinajstić information content (AvgIpc) is 3.47. The third-order valence-electron chi connectivity index (χ3n) is 8.38. The van der Waals surface area contributed by atoms with Crippen molar-refractivity contribution in [2.24, 2.45) is 0 Å². The Morgan fingerprint density at radius 3 is 2.27 bits per heavy atom. The molecule has 1 aromatic carbocycles. The van der Waals surface area contributed by atoms with Crippen LogP contribution in [0, 0.1) is 0 Å². The van der Waals surface area contributed by atoms with E-state index in [1.807, 2.05) is 30.3 Å². The Morgan fingerprint density at radius 1 is 1.04 bits per heavy atom. The molecule has 258 valence electrons. The minimum atomic E-state index is -1.91. The first kappa shape index (κ1) is 37.5. The maximum absolute atomic E-state index is 13.5. The standard InChI is InChI=1S/C33H42ClN5O6S2Si/c1-9-48(10-2,11-3)45-33(7,8)21-15-16-35-24(18-21)22-14-12-13-20-17-25(46-28(20)22)27(38-47(44)32(4,5)6)26-23(34)19-36-29(37-26)39(30(40)41)31(42)43/h12-19,27,38H,9-11H2,1-8H3,(H,40,41)(H,42,43). The Labute approximate surface area is 293 Å². The number of hydrogen-bond donors (Lipinski definition) is 3. The summed E-state index contributed by atoms with van der Waals surface area (Å²) < 4.78 is 23.7. The van der Waals surface area contributed by atoms with Gasteiger partial charge in [0.15, 0.2) is 8.32 Å². The van der Waals surface area contributed by atoms with Crippen LogP contribution < -0.4 is 9.62 Å². The van der Waals surface area contributed by atoms with E-state index in [0.717, 1.165) is 51.2 Å². The minimum absolute atomic E-state index is 0.00143. The van der Waals surface area contributed by atoms with Gasteiger partial charge in [0.25, 0.3) is 0 Å². The molecule has 0 saturated heterocycles. The second-order valence-electron chi connectivity index (χ2n) is 12.9. The summed E-state index contributed by atoms with van der Waals surface area (Å²) >= 11 is 7.99. The van der Waals surface area contributed by atoms with Crippen molar-refractivity contribution in [3.8, 4) is 11.3 Å². The fourth-order valence-corrected chi connectivity index (χ4v) is 10.9. The molecule has 0 bridgehead atoms. The number of nitrogens with zero attached hydrogens (tertiary/aromatic N) is 4. The van der Waals surface area contributed by atoms with Gasteiger partial charge >= 0.3 is 12.2 Å². The van der Waals surface area contributed by atoms with Crippen molar-refractivity contribution in [2.75, 3.05) is 4.90 Å². The molecule has 15 heteroatoms. The number of thiophene rings is 1. The van der Waals surface area contributed by atoms with Crippen molar-refractivity contribution in [3.05, 3.63) is 69.9 Å². The van der Waals surface area contributed by atoms with Crippen molar-refractivity contribution >= 4 is 70.5 Å². The number of amides is 2. The van der Waals surface area contributed by atoms with Crippen LogP contribution in [-0.4, -0.2) is 54.6 Å². The molecule has 0 radical (unpaired) electrons. The molecule has 3 aromatic heterocycles. The fourth-order valence-electron chi connectivity index (χ4n) is 5.41. The van der Waals surface area contributed by atoms with Crippen LogP contribution >= 0.6 is 22.9 Å². The van der Waals surface area contributed by atoms with Crippen molar-refractivity contribution in [2.45, 2.75) is 89.9 Å². The normalized spacial score (nSPS) is 13.8. The number of halogens is 1. The number of hydrogen-bond acceptors (Lipinski definition) is 8. The Bertz CT molecular complexity index is 1820. The first-order valence-electron chi connectivity index (χ1n) is 15.6. The molecule has 11 nitrogen and oxygen atoms in total. The molecule has 0 fully saturated rings. The number of imide groups is 1. The van der Waals surface area contributed by atoms with Crippen LogP contribution in [0.2, 0.25) is 23.2 Å². The number of aromatic nitrogens is 3. The van der Waals surface area contributed by atoms with Crippen molar-refractivity contribution < 1.29 is 28.4 Å². The quantitative estimate of drug-likeness (QED) is 0.121. The Balaban J connectivity index is 1.86. The first-order valence-corrected chi connectivity index (χ1v) is 20.5. The summed E-state index contributed by atoms with van der Waals surface area (Å²) in [4.78, 5) is 37.0. The van der Waals surface area contributed by atoms with Gasteiger partial charge < -0.3 is 14.6 Å². The molecule has 0 aliphatic rings. The maximum Gasteiger partial charge on any atom is 0.424 e. The predicted octanol–water partition coefficient (Wildman–Crippen LogP) is 8.97. The summed E-state index contributed by atoms with van der Waals surface area (Å²) in [6.45, 7) is 16.3. The van der Waals surface area contributed by atoms with E-state index < -0.39 is 53.8 Å². The number of carboxylic acid groups (broad SMARTS) is 2. The van der Waals surface area contributed by atoms with Crippen LogP contribution in [0.25, 0.3) is 21.3 Å². The maximum atomic E-state index is 13.5. The Morgan fingerprint density at radius 2 is 1.69 bits per heavy atom. The topological polar surface area (TPSA) is 155 Å². The van der Waals surface area contributed by atoms with E-state index in [-0.39, 0.29) is 15.6 Å². The number of carbonyl (C=O) groups is 2. The highest BCUT2D eigenvalue weighted by atomic mass is 35.5. The molecule has 3 heterocycles. The molecule has 0 spiro atoms. The molecule has 48 heavy (non-hydrogen) atoms. The van der Waals surface area contributed by atoms with Gasteiger partial charge in [-0.2, -0.15) is 0 Å². The van der Waals surface area contributed by atoms with Crippen LogP contribution in [0.3, 0.4) is 0 Å². The molecule has 0 aliphatic carbocycles. The van der Waals surface area contributed by atoms with E-state index in [9.17, 15) is 24.0 Å². The van der Waals surface area contributed by atoms with Gasteiger partial charge in [-0.1, -0.05) is 50.6 Å². The van der Waals surface area contributed by atoms with Gasteiger partial charge in [-0.15, -0.1) is 16.2 Å². The van der Waals surface area contributed by atoms with E-state index >= 15 is 0 Å². The molecule has 3 N–H and O–H groups in total. The van der Waals surface area contributed by atoms with Gasteiger partial charge in [0.1, 0.15) is 0 Å². The number of pyridine rings is 1. The fraction of sp³-hybridized carbons (Fsp3) is 0.424. The highest BCUT2D eigenvalue weighted by Crippen LogP contribution is 2.41. The summed E-state index contributed by atoms with van der Waals surface area (Å²) in [6, 6.07) is 14.1. The lowest BCUT2D eigenvalue weighted by Gasteiger charge is -2.38. The van der Waals surface area contributed by atoms with Crippen LogP contribution in [0.4, 0.5) is 15.5 Å². The lowest BCUT2D eigenvalue weighted by atomic mass is 9.97. The van der Waals surface area contributed by atoms with E-state index in [0.29, 0.717) is 4.88 Å². The van der Waals surface area contributed by atoms with Gasteiger partial charge in [0.05, 0.1) is 50.0 Å². The van der Waals surface area contributed by atoms with Crippen LogP contribution in [0.1, 0.15) is 77.6 Å². The Kier molecular flexibility index (Phi) is 11.5. The van der Waals surface area contributed by atoms with Crippen molar-refractivity contribution in [1.29, 1.82) is 0 Å². The monoisotopic (exact) mass is 731 g/mol. The third-order valence-corrected chi connectivity index (χ3v) is 16.3. The molecule has 4 rings (SSSR count). The van der Waals surface area contributed by atoms with Gasteiger partial charge in [0.2, 0.25) is 5.95 Å². The van der Waals surface area contributed by atoms with Crippen molar-refractivity contribution in [1.82, 2.24) is 19.7 Å². The number of anilines is 1. The zero-order chi connectivity index (χ0) is 35.6. The Hall–Kier alpha value is -3.27. The second kappa shape index (κ2) is 14.7. The molecule has 0 saturated carbocycles. The number of nitrogens with one attached hydrogen (secondary N) is 1. The molecular formula is C33H42ClN5O6S2Si. The first-order chi connectivity index (χ1) is 22.5. The van der Waals surface area contributed by atoms with Crippen molar-refractivity contribution in [3.63, 3.8) is 0 Å². The molecule has 2 unspecified atom stereocenters. The zero-order valence-electron chi connectivity index (χ0n) is 28.3. The largest absolute Gasteiger partial charge is 0.464 e. The minimum Gasteiger partial charge on any atom is -0.464 e. The third kappa shape index (κ3) is 7.95.